The molecule has 7 heteroatoms. The molecule has 3 unspecified atom stereocenters. The number of aromatic nitrogens is 3. The molecular formula is C19H20N4O3. The van der Waals surface area contributed by atoms with E-state index in [4.69, 9.17) is 0 Å². The van der Waals surface area contributed by atoms with Gasteiger partial charge in [0.05, 0.1) is 25.1 Å². The molecule has 2 aromatic heterocycles. The van der Waals surface area contributed by atoms with Crippen molar-refractivity contribution in [3.05, 3.63) is 58.3 Å². The first-order chi connectivity index (χ1) is 12.6. The molecule has 2 N–H and O–H groups in total. The number of nitrogens with zero attached hydrogens (tertiary/aromatic N) is 3. The highest BCUT2D eigenvalue weighted by molar-refractivity contribution is 5.80. The number of hydrogen-bond acceptors (Lipinski definition) is 5. The summed E-state index contributed by atoms with van der Waals surface area (Å²) >= 11 is 0. The van der Waals surface area contributed by atoms with Gasteiger partial charge in [-0.3, -0.25) is 14.6 Å². The molecule has 0 spiro atoms. The zero-order chi connectivity index (χ0) is 18.3. The highest BCUT2D eigenvalue weighted by Gasteiger charge is 2.44. The summed E-state index contributed by atoms with van der Waals surface area (Å²) in [6, 6.07) is 3.41. The molecule has 2 aromatic rings. The Bertz CT molecular complexity index is 922. The van der Waals surface area contributed by atoms with Gasteiger partial charge in [-0.1, -0.05) is 12.2 Å². The molecule has 3 atom stereocenters. The zero-order valence-electron chi connectivity index (χ0n) is 14.4. The lowest BCUT2D eigenvalue weighted by molar-refractivity contribution is -0.133. The predicted octanol–water partition coefficient (Wildman–Crippen LogP) is 0.831. The fourth-order valence-electron chi connectivity index (χ4n) is 3.94. The maximum absolute atomic E-state index is 12.8. The quantitative estimate of drug-likeness (QED) is 0.794. The van der Waals surface area contributed by atoms with Gasteiger partial charge in [-0.15, -0.1) is 0 Å². The SMILES string of the molecule is Cc1nc(-c2cccnc2)[nH]c(=O)c1CC(=O)N1C2C=CC(C2)C1CO. The molecule has 26 heavy (non-hydrogen) atoms. The van der Waals surface area contributed by atoms with Gasteiger partial charge in [-0.2, -0.15) is 0 Å². The van der Waals surface area contributed by atoms with Crippen molar-refractivity contribution in [1.82, 2.24) is 19.9 Å². The molecule has 1 aliphatic heterocycles. The number of aryl methyl sites for hydroxylation is 1. The number of carbonyl (C=O) groups is 1. The first-order valence-corrected chi connectivity index (χ1v) is 8.69. The Morgan fingerprint density at radius 1 is 1.42 bits per heavy atom. The monoisotopic (exact) mass is 352 g/mol. The first kappa shape index (κ1) is 16.7. The van der Waals surface area contributed by atoms with Crippen LogP contribution in [0.5, 0.6) is 0 Å². The van der Waals surface area contributed by atoms with E-state index in [1.807, 2.05) is 12.1 Å². The number of likely N-dealkylation sites (tertiary alicyclic amines) is 1. The lowest BCUT2D eigenvalue weighted by Gasteiger charge is -2.31. The molecule has 134 valence electrons. The molecule has 3 heterocycles. The van der Waals surface area contributed by atoms with Crippen LogP contribution in [0.3, 0.4) is 0 Å². The summed E-state index contributed by atoms with van der Waals surface area (Å²) in [5.41, 5.74) is 1.30. The van der Waals surface area contributed by atoms with E-state index in [0.717, 1.165) is 6.42 Å². The van der Waals surface area contributed by atoms with Crippen molar-refractivity contribution in [3.63, 3.8) is 0 Å². The van der Waals surface area contributed by atoms with Gasteiger partial charge in [0, 0.05) is 35.1 Å². The summed E-state index contributed by atoms with van der Waals surface area (Å²) in [5, 5.41) is 9.63. The van der Waals surface area contributed by atoms with Crippen LogP contribution in [0.2, 0.25) is 0 Å². The molecule has 1 amide bonds. The van der Waals surface area contributed by atoms with Crippen LogP contribution >= 0.6 is 0 Å². The van der Waals surface area contributed by atoms with Gasteiger partial charge >= 0.3 is 0 Å². The molecule has 2 aliphatic rings. The minimum Gasteiger partial charge on any atom is -0.394 e. The van der Waals surface area contributed by atoms with Crippen molar-refractivity contribution in [1.29, 1.82) is 0 Å². The fourth-order valence-corrected chi connectivity index (χ4v) is 3.94. The second kappa shape index (κ2) is 6.49. The molecule has 0 aromatic carbocycles. The number of pyridine rings is 1. The predicted molar refractivity (Wildman–Crippen MR) is 95.3 cm³/mol. The van der Waals surface area contributed by atoms with Gasteiger partial charge in [-0.25, -0.2) is 4.98 Å². The Morgan fingerprint density at radius 2 is 2.27 bits per heavy atom. The summed E-state index contributed by atoms with van der Waals surface area (Å²) in [6.45, 7) is 1.67. The molecule has 2 bridgehead atoms. The number of rotatable bonds is 4. The topological polar surface area (TPSA) is 99.2 Å². The molecule has 7 nitrogen and oxygen atoms in total. The van der Waals surface area contributed by atoms with Crippen LogP contribution in [0.15, 0.2) is 41.5 Å². The Labute approximate surface area is 150 Å². The number of hydrogen-bond donors (Lipinski definition) is 2. The fraction of sp³-hybridized carbons (Fsp3) is 0.368. The van der Waals surface area contributed by atoms with Gasteiger partial charge < -0.3 is 15.0 Å². The van der Waals surface area contributed by atoms with E-state index in [-0.39, 0.29) is 42.5 Å². The van der Waals surface area contributed by atoms with Gasteiger partial charge in [0.25, 0.3) is 5.56 Å². The van der Waals surface area contributed by atoms with Crippen molar-refractivity contribution in [3.8, 4) is 11.4 Å². The third kappa shape index (κ3) is 2.74. The number of aliphatic hydroxyl groups excluding tert-OH is 1. The Hall–Kier alpha value is -2.80. The van der Waals surface area contributed by atoms with E-state index in [2.05, 4.69) is 21.0 Å². The third-order valence-electron chi connectivity index (χ3n) is 5.26. The summed E-state index contributed by atoms with van der Waals surface area (Å²) < 4.78 is 0. The van der Waals surface area contributed by atoms with E-state index in [9.17, 15) is 14.7 Å². The second-order valence-corrected chi connectivity index (χ2v) is 6.80. The van der Waals surface area contributed by atoms with E-state index in [1.54, 1.807) is 30.3 Å². The molecular weight excluding hydrogens is 332 g/mol. The molecule has 4 rings (SSSR count). The highest BCUT2D eigenvalue weighted by atomic mass is 16.3. The molecule has 0 radical (unpaired) electrons. The second-order valence-electron chi connectivity index (χ2n) is 6.80. The van der Waals surface area contributed by atoms with Gasteiger partial charge in [0.2, 0.25) is 5.91 Å². The minimum atomic E-state index is -0.315. The van der Waals surface area contributed by atoms with E-state index in [1.165, 1.54) is 0 Å². The van der Waals surface area contributed by atoms with Gasteiger partial charge in [-0.05, 0) is 25.5 Å². The molecule has 0 saturated carbocycles. The number of aliphatic hydroxyl groups is 1. The van der Waals surface area contributed by atoms with Crippen LogP contribution in [-0.4, -0.2) is 49.6 Å². The summed E-state index contributed by atoms with van der Waals surface area (Å²) in [7, 11) is 0. The van der Waals surface area contributed by atoms with Crippen LogP contribution in [0, 0.1) is 12.8 Å². The lowest BCUT2D eigenvalue weighted by Crippen LogP contribution is -2.46. The van der Waals surface area contributed by atoms with Gasteiger partial charge in [0.15, 0.2) is 0 Å². The van der Waals surface area contributed by atoms with E-state index < -0.39 is 0 Å². The average Bonchev–Trinajstić information content (AvgIpc) is 3.26. The van der Waals surface area contributed by atoms with Crippen LogP contribution in [0.25, 0.3) is 11.4 Å². The van der Waals surface area contributed by atoms with Gasteiger partial charge in [0.1, 0.15) is 5.82 Å². The van der Waals surface area contributed by atoms with Crippen molar-refractivity contribution in [2.75, 3.05) is 6.61 Å². The number of aromatic amines is 1. The number of fused-ring (bicyclic) bond motifs is 2. The molecule has 1 fully saturated rings. The minimum absolute atomic E-state index is 0.0188. The van der Waals surface area contributed by atoms with Crippen LogP contribution in [-0.2, 0) is 11.2 Å². The van der Waals surface area contributed by atoms with Crippen LogP contribution in [0.1, 0.15) is 17.7 Å². The van der Waals surface area contributed by atoms with Crippen molar-refractivity contribution in [2.24, 2.45) is 5.92 Å². The Kier molecular flexibility index (Phi) is 4.16. The van der Waals surface area contributed by atoms with Crippen molar-refractivity contribution >= 4 is 5.91 Å². The first-order valence-electron chi connectivity index (χ1n) is 8.69. The standard InChI is InChI=1S/C19H20N4O3/c1-11-15(19(26)22-18(21-11)13-3-2-6-20-9-13)8-17(25)23-14-5-4-12(7-14)16(23)10-24/h2-6,9,12,14,16,24H,7-8,10H2,1H3,(H,21,22,26). The van der Waals surface area contributed by atoms with Crippen LogP contribution in [0.4, 0.5) is 0 Å². The summed E-state index contributed by atoms with van der Waals surface area (Å²) in [6.07, 6.45) is 8.19. The Morgan fingerprint density at radius 3 is 2.96 bits per heavy atom. The lowest BCUT2D eigenvalue weighted by atomic mass is 10.0. The number of amides is 1. The number of H-pyrrole nitrogens is 1. The van der Waals surface area contributed by atoms with Crippen LogP contribution < -0.4 is 5.56 Å². The average molecular weight is 352 g/mol. The summed E-state index contributed by atoms with van der Waals surface area (Å²) in [5.74, 6) is 0.498. The maximum Gasteiger partial charge on any atom is 0.255 e. The number of nitrogens with one attached hydrogen (secondary N) is 1. The largest absolute Gasteiger partial charge is 0.394 e. The number of carbonyl (C=O) groups excluding carboxylic acids is 1. The molecule has 1 aliphatic carbocycles. The van der Waals surface area contributed by atoms with Crippen molar-refractivity contribution in [2.45, 2.75) is 31.8 Å². The third-order valence-corrected chi connectivity index (χ3v) is 5.26. The Balaban J connectivity index is 1.60. The van der Waals surface area contributed by atoms with E-state index in [0.29, 0.717) is 22.6 Å². The van der Waals surface area contributed by atoms with E-state index >= 15 is 0 Å². The molecule has 1 saturated heterocycles. The maximum atomic E-state index is 12.8. The summed E-state index contributed by atoms with van der Waals surface area (Å²) in [4.78, 5) is 38.3. The van der Waals surface area contributed by atoms with Crippen molar-refractivity contribution < 1.29 is 9.90 Å². The zero-order valence-corrected chi connectivity index (χ0v) is 14.4. The highest BCUT2D eigenvalue weighted by Crippen LogP contribution is 2.37. The normalized spacial score (nSPS) is 23.6. The smallest absolute Gasteiger partial charge is 0.255 e.